The molecular weight excluding hydrogens is 234 g/mol. The molecule has 2 atom stereocenters. The van der Waals surface area contributed by atoms with Gasteiger partial charge in [0.05, 0.1) is 6.04 Å². The van der Waals surface area contributed by atoms with E-state index < -0.39 is 0 Å². The van der Waals surface area contributed by atoms with Crippen LogP contribution in [0, 0.1) is 5.92 Å². The summed E-state index contributed by atoms with van der Waals surface area (Å²) < 4.78 is 0. The standard InChI is InChI=1S/C17H33NO/c1-2-3-4-5-6-7-8-9-10-16-11-12-17(15-19)18-14-13-16/h15-18H,2-14H2,1H3. The quantitative estimate of drug-likeness (QED) is 0.467. The van der Waals surface area contributed by atoms with Gasteiger partial charge in [0.1, 0.15) is 6.29 Å². The van der Waals surface area contributed by atoms with E-state index in [0.29, 0.717) is 0 Å². The highest BCUT2D eigenvalue weighted by molar-refractivity contribution is 5.57. The Morgan fingerprint density at radius 1 is 0.947 bits per heavy atom. The molecule has 19 heavy (non-hydrogen) atoms. The van der Waals surface area contributed by atoms with Crippen molar-refractivity contribution in [3.8, 4) is 0 Å². The predicted octanol–water partition coefficient (Wildman–Crippen LogP) is 4.47. The zero-order valence-electron chi connectivity index (χ0n) is 12.8. The Bertz CT molecular complexity index is 217. The van der Waals surface area contributed by atoms with Crippen LogP contribution < -0.4 is 5.32 Å². The van der Waals surface area contributed by atoms with Gasteiger partial charge >= 0.3 is 0 Å². The minimum Gasteiger partial charge on any atom is -0.308 e. The molecule has 1 N–H and O–H groups in total. The van der Waals surface area contributed by atoms with Gasteiger partial charge in [-0.1, -0.05) is 64.7 Å². The molecule has 0 aromatic rings. The summed E-state index contributed by atoms with van der Waals surface area (Å²) in [4.78, 5) is 10.8. The Morgan fingerprint density at radius 2 is 1.63 bits per heavy atom. The Balaban J connectivity index is 1.93. The molecule has 0 spiro atoms. The molecule has 0 bridgehead atoms. The van der Waals surface area contributed by atoms with Crippen LogP contribution in [0.1, 0.15) is 84.0 Å². The van der Waals surface area contributed by atoms with Gasteiger partial charge in [-0.3, -0.25) is 0 Å². The lowest BCUT2D eigenvalue weighted by atomic mass is 9.93. The summed E-state index contributed by atoms with van der Waals surface area (Å²) in [5.41, 5.74) is 0. The number of aldehydes is 1. The van der Waals surface area contributed by atoms with Crippen molar-refractivity contribution < 1.29 is 4.79 Å². The Kier molecular flexibility index (Phi) is 10.1. The average molecular weight is 267 g/mol. The third kappa shape index (κ3) is 8.41. The second kappa shape index (κ2) is 11.5. The highest BCUT2D eigenvalue weighted by Gasteiger charge is 2.17. The Labute approximate surface area is 119 Å². The summed E-state index contributed by atoms with van der Waals surface area (Å²) in [6.07, 6.45) is 17.3. The van der Waals surface area contributed by atoms with Gasteiger partial charge in [-0.15, -0.1) is 0 Å². The molecule has 0 radical (unpaired) electrons. The summed E-state index contributed by atoms with van der Waals surface area (Å²) in [6.45, 7) is 3.31. The molecule has 1 aliphatic rings. The normalized spacial score (nSPS) is 24.1. The fourth-order valence-electron chi connectivity index (χ4n) is 3.11. The summed E-state index contributed by atoms with van der Waals surface area (Å²) >= 11 is 0. The third-order valence-corrected chi connectivity index (χ3v) is 4.48. The maximum absolute atomic E-state index is 10.8. The van der Waals surface area contributed by atoms with Crippen molar-refractivity contribution in [1.82, 2.24) is 5.32 Å². The number of unbranched alkanes of at least 4 members (excludes halogenated alkanes) is 7. The van der Waals surface area contributed by atoms with Gasteiger partial charge in [-0.2, -0.15) is 0 Å². The number of carbonyl (C=O) groups excluding carboxylic acids is 1. The van der Waals surface area contributed by atoms with Gasteiger partial charge in [-0.05, 0) is 31.7 Å². The van der Waals surface area contributed by atoms with Crippen LogP contribution in [0.3, 0.4) is 0 Å². The molecular formula is C17H33NO. The van der Waals surface area contributed by atoms with Crippen LogP contribution in [0.15, 0.2) is 0 Å². The van der Waals surface area contributed by atoms with E-state index in [9.17, 15) is 4.79 Å². The lowest BCUT2D eigenvalue weighted by Crippen LogP contribution is -2.29. The van der Waals surface area contributed by atoms with E-state index in [4.69, 9.17) is 0 Å². The maximum atomic E-state index is 10.8. The van der Waals surface area contributed by atoms with Gasteiger partial charge < -0.3 is 10.1 Å². The number of rotatable bonds is 10. The van der Waals surface area contributed by atoms with E-state index in [0.717, 1.165) is 25.2 Å². The molecule has 1 fully saturated rings. The third-order valence-electron chi connectivity index (χ3n) is 4.48. The summed E-state index contributed by atoms with van der Waals surface area (Å²) in [7, 11) is 0. The molecule has 0 saturated carbocycles. The average Bonchev–Trinajstić information content (AvgIpc) is 2.67. The monoisotopic (exact) mass is 267 g/mol. The zero-order valence-corrected chi connectivity index (χ0v) is 12.8. The topological polar surface area (TPSA) is 29.1 Å². The molecule has 112 valence electrons. The highest BCUT2D eigenvalue weighted by atomic mass is 16.1. The first-order chi connectivity index (χ1) is 9.36. The predicted molar refractivity (Wildman–Crippen MR) is 82.4 cm³/mol. The van der Waals surface area contributed by atoms with E-state index >= 15 is 0 Å². The van der Waals surface area contributed by atoms with Crippen LogP contribution >= 0.6 is 0 Å². The first-order valence-electron chi connectivity index (χ1n) is 8.55. The highest BCUT2D eigenvalue weighted by Crippen LogP contribution is 2.22. The number of hydrogen-bond donors (Lipinski definition) is 1. The van der Waals surface area contributed by atoms with E-state index in [1.165, 1.54) is 70.6 Å². The minimum absolute atomic E-state index is 0.128. The largest absolute Gasteiger partial charge is 0.308 e. The number of nitrogens with one attached hydrogen (secondary N) is 1. The Hall–Kier alpha value is -0.370. The van der Waals surface area contributed by atoms with Crippen LogP contribution in [-0.2, 0) is 4.79 Å². The molecule has 0 aromatic carbocycles. The molecule has 1 saturated heterocycles. The van der Waals surface area contributed by atoms with E-state index in [-0.39, 0.29) is 6.04 Å². The van der Waals surface area contributed by atoms with Gasteiger partial charge in [-0.25, -0.2) is 0 Å². The zero-order chi connectivity index (χ0) is 13.8. The Morgan fingerprint density at radius 3 is 2.32 bits per heavy atom. The fraction of sp³-hybridized carbons (Fsp3) is 0.941. The van der Waals surface area contributed by atoms with Crippen molar-refractivity contribution in [2.45, 2.75) is 90.0 Å². The fourth-order valence-corrected chi connectivity index (χ4v) is 3.11. The van der Waals surface area contributed by atoms with Crippen LogP contribution in [0.4, 0.5) is 0 Å². The van der Waals surface area contributed by atoms with Gasteiger partial charge in [0, 0.05) is 0 Å². The van der Waals surface area contributed by atoms with Crippen molar-refractivity contribution in [2.75, 3.05) is 6.54 Å². The SMILES string of the molecule is CCCCCCCCCCC1CCNC(C=O)CC1. The van der Waals surface area contributed by atoms with Crippen LogP contribution in [0.2, 0.25) is 0 Å². The van der Waals surface area contributed by atoms with Gasteiger partial charge in [0.15, 0.2) is 0 Å². The second-order valence-electron chi connectivity index (χ2n) is 6.19. The lowest BCUT2D eigenvalue weighted by Gasteiger charge is -2.13. The van der Waals surface area contributed by atoms with Crippen molar-refractivity contribution in [1.29, 1.82) is 0 Å². The van der Waals surface area contributed by atoms with Crippen molar-refractivity contribution >= 4 is 6.29 Å². The van der Waals surface area contributed by atoms with Crippen LogP contribution in [0.25, 0.3) is 0 Å². The minimum atomic E-state index is 0.128. The smallest absolute Gasteiger partial charge is 0.136 e. The molecule has 1 aliphatic heterocycles. The van der Waals surface area contributed by atoms with Crippen LogP contribution in [-0.4, -0.2) is 18.9 Å². The molecule has 2 nitrogen and oxygen atoms in total. The first kappa shape index (κ1) is 16.7. The first-order valence-corrected chi connectivity index (χ1v) is 8.55. The molecule has 1 rings (SSSR count). The molecule has 0 amide bonds. The lowest BCUT2D eigenvalue weighted by molar-refractivity contribution is -0.109. The summed E-state index contributed by atoms with van der Waals surface area (Å²) in [5, 5.41) is 3.32. The maximum Gasteiger partial charge on any atom is 0.136 e. The number of hydrogen-bond acceptors (Lipinski definition) is 2. The van der Waals surface area contributed by atoms with Crippen molar-refractivity contribution in [3.63, 3.8) is 0 Å². The van der Waals surface area contributed by atoms with Gasteiger partial charge in [0.25, 0.3) is 0 Å². The van der Waals surface area contributed by atoms with E-state index in [1.807, 2.05) is 0 Å². The van der Waals surface area contributed by atoms with Crippen LogP contribution in [0.5, 0.6) is 0 Å². The molecule has 0 aromatic heterocycles. The van der Waals surface area contributed by atoms with E-state index in [2.05, 4.69) is 12.2 Å². The molecule has 1 heterocycles. The van der Waals surface area contributed by atoms with E-state index in [1.54, 1.807) is 0 Å². The second-order valence-corrected chi connectivity index (χ2v) is 6.19. The molecule has 0 aliphatic carbocycles. The summed E-state index contributed by atoms with van der Waals surface area (Å²) in [5.74, 6) is 0.859. The van der Waals surface area contributed by atoms with Crippen molar-refractivity contribution in [3.05, 3.63) is 0 Å². The van der Waals surface area contributed by atoms with Gasteiger partial charge in [0.2, 0.25) is 0 Å². The number of carbonyl (C=O) groups is 1. The van der Waals surface area contributed by atoms with Crippen molar-refractivity contribution in [2.24, 2.45) is 5.92 Å². The molecule has 2 unspecified atom stereocenters. The summed E-state index contributed by atoms with van der Waals surface area (Å²) in [6, 6.07) is 0.128. The molecule has 2 heteroatoms.